The predicted molar refractivity (Wildman–Crippen MR) is 260 cm³/mol. The average molecular weight is 954 g/mol. The third kappa shape index (κ3) is 13.3. The number of benzene rings is 4. The maximum atomic E-state index is 12.7. The SMILES string of the molecule is C=CC(=O)Nc1ccc(OC)c(Nc2ncc(Br)c(Nc3ccccc3P(C)(C)=O)n2)c1.C=CC(=O)Nc1ccc(OC)c(Nc2nccc(Nc3ccccc3P(C)(C)=O)n2)c1. The minimum absolute atomic E-state index is 0.301. The van der Waals surface area contributed by atoms with Crippen molar-refractivity contribution >= 4 is 110 Å². The van der Waals surface area contributed by atoms with E-state index in [1.54, 1.807) is 95.7 Å². The van der Waals surface area contributed by atoms with Crippen molar-refractivity contribution in [1.82, 2.24) is 19.9 Å². The summed E-state index contributed by atoms with van der Waals surface area (Å²) in [6, 6.07) is 26.9. The summed E-state index contributed by atoms with van der Waals surface area (Å²) in [6.07, 6.45) is 5.59. The molecule has 0 bridgehead atoms. The fourth-order valence-electron chi connectivity index (χ4n) is 5.76. The lowest BCUT2D eigenvalue weighted by Gasteiger charge is -2.16. The molecule has 63 heavy (non-hydrogen) atoms. The Hall–Kier alpha value is -6.80. The summed E-state index contributed by atoms with van der Waals surface area (Å²) in [5.74, 6) is 2.12. The van der Waals surface area contributed by atoms with Gasteiger partial charge in [-0.3, -0.25) is 9.59 Å². The van der Waals surface area contributed by atoms with Gasteiger partial charge in [0.05, 0.1) is 41.4 Å². The fraction of sp³-hybridized carbons (Fsp3) is 0.136. The van der Waals surface area contributed by atoms with E-state index >= 15 is 0 Å². The van der Waals surface area contributed by atoms with Gasteiger partial charge in [-0.1, -0.05) is 37.4 Å². The molecule has 0 atom stereocenters. The van der Waals surface area contributed by atoms with Crippen molar-refractivity contribution in [3.63, 3.8) is 0 Å². The van der Waals surface area contributed by atoms with Gasteiger partial charge in [0, 0.05) is 34.4 Å². The number of carbonyl (C=O) groups excluding carboxylic acids is 2. The van der Waals surface area contributed by atoms with Gasteiger partial charge in [0.2, 0.25) is 23.7 Å². The molecule has 0 fully saturated rings. The van der Waals surface area contributed by atoms with Crippen LogP contribution in [0.1, 0.15) is 0 Å². The van der Waals surface area contributed by atoms with E-state index in [9.17, 15) is 18.7 Å². The van der Waals surface area contributed by atoms with E-state index in [1.807, 2.05) is 48.5 Å². The number of para-hydroxylation sites is 2. The molecule has 0 saturated heterocycles. The van der Waals surface area contributed by atoms with Gasteiger partial charge in [-0.25, -0.2) is 9.97 Å². The molecular formula is C44H47BrN10O6P2. The Morgan fingerprint density at radius 1 is 0.619 bits per heavy atom. The number of carbonyl (C=O) groups is 2. The first-order valence-corrected chi connectivity index (χ1v) is 25.0. The Morgan fingerprint density at radius 2 is 1.10 bits per heavy atom. The zero-order chi connectivity index (χ0) is 45.7. The number of methoxy groups -OCH3 is 2. The van der Waals surface area contributed by atoms with Crippen LogP contribution in [0.3, 0.4) is 0 Å². The van der Waals surface area contributed by atoms with Crippen LogP contribution in [-0.2, 0) is 18.7 Å². The lowest BCUT2D eigenvalue weighted by atomic mass is 10.2. The van der Waals surface area contributed by atoms with Gasteiger partial charge < -0.3 is 50.5 Å². The zero-order valence-electron chi connectivity index (χ0n) is 35.4. The highest BCUT2D eigenvalue weighted by atomic mass is 79.9. The van der Waals surface area contributed by atoms with Crippen LogP contribution in [0.15, 0.2) is 133 Å². The molecule has 16 nitrogen and oxygen atoms in total. The molecule has 0 spiro atoms. The van der Waals surface area contributed by atoms with Gasteiger partial charge in [0.15, 0.2) is 0 Å². The second-order valence-corrected chi connectivity index (χ2v) is 21.3. The van der Waals surface area contributed by atoms with Gasteiger partial charge in [-0.05, 0) is 121 Å². The molecule has 6 rings (SSSR count). The topological polar surface area (TPSA) is 210 Å². The van der Waals surface area contributed by atoms with Gasteiger partial charge in [0.25, 0.3) is 0 Å². The van der Waals surface area contributed by atoms with Crippen LogP contribution in [0.25, 0.3) is 0 Å². The molecule has 4 aromatic carbocycles. The Labute approximate surface area is 374 Å². The number of nitrogens with one attached hydrogen (secondary N) is 6. The van der Waals surface area contributed by atoms with E-state index in [0.717, 1.165) is 16.3 Å². The van der Waals surface area contributed by atoms with Crippen LogP contribution in [0, 0.1) is 0 Å². The number of ether oxygens (including phenoxy) is 2. The van der Waals surface area contributed by atoms with Gasteiger partial charge in [0.1, 0.15) is 37.4 Å². The first-order valence-electron chi connectivity index (χ1n) is 19.0. The van der Waals surface area contributed by atoms with Gasteiger partial charge in [-0.15, -0.1) is 0 Å². The number of amides is 2. The summed E-state index contributed by atoms with van der Waals surface area (Å²) >= 11 is 3.46. The summed E-state index contributed by atoms with van der Waals surface area (Å²) in [5.41, 5.74) is 3.70. The molecule has 0 aliphatic rings. The van der Waals surface area contributed by atoms with Crippen molar-refractivity contribution < 1.29 is 28.2 Å². The second kappa shape index (κ2) is 21.3. The molecule has 326 valence electrons. The molecule has 2 aromatic heterocycles. The van der Waals surface area contributed by atoms with E-state index in [2.05, 4.69) is 80.9 Å². The number of rotatable bonds is 16. The predicted octanol–water partition coefficient (Wildman–Crippen LogP) is 9.45. The molecule has 6 N–H and O–H groups in total. The lowest BCUT2D eigenvalue weighted by Crippen LogP contribution is -2.11. The van der Waals surface area contributed by atoms with Crippen molar-refractivity contribution in [2.45, 2.75) is 0 Å². The number of hydrogen-bond donors (Lipinski definition) is 6. The molecule has 0 aliphatic heterocycles. The largest absolute Gasteiger partial charge is 0.495 e. The van der Waals surface area contributed by atoms with Crippen LogP contribution in [-0.4, -0.2) is 72.6 Å². The molecule has 19 heteroatoms. The third-order valence-corrected chi connectivity index (χ3v) is 12.4. The molecule has 0 unspecified atom stereocenters. The fourth-order valence-corrected chi connectivity index (χ4v) is 8.36. The highest BCUT2D eigenvalue weighted by Crippen LogP contribution is 2.40. The normalized spacial score (nSPS) is 10.8. The number of halogens is 1. The van der Waals surface area contributed by atoms with Crippen LogP contribution < -0.4 is 52.0 Å². The van der Waals surface area contributed by atoms with Crippen LogP contribution in [0.5, 0.6) is 11.5 Å². The van der Waals surface area contributed by atoms with Crippen LogP contribution in [0.2, 0.25) is 0 Å². The summed E-state index contributed by atoms with van der Waals surface area (Å²) in [5, 5.41) is 19.6. The maximum Gasteiger partial charge on any atom is 0.247 e. The van der Waals surface area contributed by atoms with E-state index in [4.69, 9.17) is 9.47 Å². The summed E-state index contributed by atoms with van der Waals surface area (Å²) in [7, 11) is -1.88. The minimum atomic E-state index is -2.50. The summed E-state index contributed by atoms with van der Waals surface area (Å²) in [4.78, 5) is 40.8. The van der Waals surface area contributed by atoms with Crippen molar-refractivity contribution in [2.24, 2.45) is 0 Å². The lowest BCUT2D eigenvalue weighted by molar-refractivity contribution is -0.112. The Balaban J connectivity index is 0.000000238. The average Bonchev–Trinajstić information content (AvgIpc) is 3.25. The van der Waals surface area contributed by atoms with Crippen molar-refractivity contribution in [1.29, 1.82) is 0 Å². The Kier molecular flexibility index (Phi) is 16.0. The first kappa shape index (κ1) is 47.3. The molecule has 2 heterocycles. The van der Waals surface area contributed by atoms with Crippen LogP contribution in [0.4, 0.5) is 57.7 Å². The Morgan fingerprint density at radius 3 is 1.57 bits per heavy atom. The molecular weight excluding hydrogens is 906 g/mol. The monoisotopic (exact) mass is 952 g/mol. The third-order valence-electron chi connectivity index (χ3n) is 8.68. The van der Waals surface area contributed by atoms with E-state index < -0.39 is 14.3 Å². The summed E-state index contributed by atoms with van der Waals surface area (Å²) < 4.78 is 36.7. The standard InChI is InChI=1S/C22H23BrN5O3P.C22H24N5O3P/c1-5-20(29)25-14-10-11-18(31-2)17(12-14)27-22-24-13-15(23)21(28-22)26-16-8-6-7-9-19(16)32(3,4)30;1-5-21(28)24-15-10-11-18(30-2)17(14-15)26-22-23-13-12-20(27-22)25-16-8-6-7-9-19(16)31(3,4)29/h5-13H,1H2,2-4H3,(H,25,29)(H2,24,26,27,28);5-14H,1H2,2-4H3,(H,24,28)(H2,23,25,26,27). The smallest absolute Gasteiger partial charge is 0.247 e. The van der Waals surface area contributed by atoms with Gasteiger partial charge >= 0.3 is 0 Å². The molecule has 6 aromatic rings. The molecule has 0 radical (unpaired) electrons. The number of nitrogens with zero attached hydrogens (tertiary/aromatic N) is 4. The highest BCUT2D eigenvalue weighted by Gasteiger charge is 2.19. The van der Waals surface area contributed by atoms with E-state index in [-0.39, 0.29) is 11.8 Å². The van der Waals surface area contributed by atoms with E-state index in [1.165, 1.54) is 12.2 Å². The Bertz CT molecular complexity index is 2740. The van der Waals surface area contributed by atoms with E-state index in [0.29, 0.717) is 67.9 Å². The molecule has 0 saturated carbocycles. The number of hydrogen-bond acceptors (Lipinski definition) is 14. The van der Waals surface area contributed by atoms with Crippen molar-refractivity contribution in [3.8, 4) is 11.5 Å². The maximum absolute atomic E-state index is 12.7. The molecule has 0 aliphatic carbocycles. The second-order valence-electron chi connectivity index (χ2n) is 14.1. The minimum Gasteiger partial charge on any atom is -0.495 e. The van der Waals surface area contributed by atoms with Gasteiger partial charge in [-0.2, -0.15) is 9.97 Å². The first-order chi connectivity index (χ1) is 30.0. The van der Waals surface area contributed by atoms with Crippen molar-refractivity contribution in [2.75, 3.05) is 72.8 Å². The van der Waals surface area contributed by atoms with Crippen LogP contribution >= 0.6 is 30.2 Å². The van der Waals surface area contributed by atoms with Crippen molar-refractivity contribution in [3.05, 3.63) is 133 Å². The number of anilines is 10. The highest BCUT2D eigenvalue weighted by molar-refractivity contribution is 9.10. The molecule has 2 amide bonds. The quantitative estimate of drug-likeness (QED) is 0.0394. The summed E-state index contributed by atoms with van der Waals surface area (Å²) in [6.45, 7) is 13.8. The number of aromatic nitrogens is 4. The zero-order valence-corrected chi connectivity index (χ0v) is 38.8.